The van der Waals surface area contributed by atoms with E-state index in [4.69, 9.17) is 10.5 Å². The zero-order valence-electron chi connectivity index (χ0n) is 10.0. The average Bonchev–Trinajstić information content (AvgIpc) is 2.75. The number of nitrogen functional groups attached to an aromatic ring is 1. The van der Waals surface area contributed by atoms with Crippen LogP contribution in [0.1, 0.15) is 5.82 Å². The molecular weight excluding hydrogens is 254 g/mol. The van der Waals surface area contributed by atoms with Crippen molar-refractivity contribution in [1.29, 1.82) is 0 Å². The lowest BCUT2D eigenvalue weighted by Crippen LogP contribution is -2.03. The molecule has 0 radical (unpaired) electrons. The Hall–Kier alpha value is -1.96. The Morgan fingerprint density at radius 2 is 2.28 bits per heavy atom. The summed E-state index contributed by atoms with van der Waals surface area (Å²) in [5.74, 6) is 1.20. The number of nitrogens with zero attached hydrogens (tertiary/aromatic N) is 4. The molecule has 0 spiro atoms. The Bertz CT molecular complexity index is 583. The highest BCUT2D eigenvalue weighted by Crippen LogP contribution is 2.23. The van der Waals surface area contributed by atoms with Gasteiger partial charge in [-0.2, -0.15) is 4.80 Å². The largest absolute Gasteiger partial charge is 0.497 e. The summed E-state index contributed by atoms with van der Waals surface area (Å²) in [6, 6.07) is 5.04. The average molecular weight is 267 g/mol. The van der Waals surface area contributed by atoms with Gasteiger partial charge in [0.1, 0.15) is 5.75 Å². The molecule has 0 saturated heterocycles. The van der Waals surface area contributed by atoms with Gasteiger partial charge in [0.15, 0.2) is 5.82 Å². The number of benzene rings is 1. The minimum atomic E-state index is -1.33. The Kier molecular flexibility index (Phi) is 3.56. The van der Waals surface area contributed by atoms with Crippen LogP contribution in [0, 0.1) is 0 Å². The second-order valence-electron chi connectivity index (χ2n) is 3.59. The van der Waals surface area contributed by atoms with Crippen molar-refractivity contribution in [3.05, 3.63) is 24.0 Å². The summed E-state index contributed by atoms with van der Waals surface area (Å²) in [6.45, 7) is 0. The van der Waals surface area contributed by atoms with E-state index in [-0.39, 0.29) is 5.75 Å². The van der Waals surface area contributed by atoms with Crippen LogP contribution in [0.5, 0.6) is 5.75 Å². The number of ether oxygens (including phenoxy) is 1. The fraction of sp³-hybridized carbons (Fsp3) is 0.300. The summed E-state index contributed by atoms with van der Waals surface area (Å²) < 4.78 is 17.2. The van der Waals surface area contributed by atoms with Gasteiger partial charge < -0.3 is 10.5 Å². The van der Waals surface area contributed by atoms with Crippen molar-refractivity contribution in [2.45, 2.75) is 10.6 Å². The minimum absolute atomic E-state index is 0.172. The Morgan fingerprint density at radius 1 is 1.50 bits per heavy atom. The smallest absolute Gasteiger partial charge is 0.187 e. The molecular formula is C10H13N5O2S. The van der Waals surface area contributed by atoms with E-state index >= 15 is 0 Å². The van der Waals surface area contributed by atoms with Crippen LogP contribution in [0.2, 0.25) is 0 Å². The molecule has 1 unspecified atom stereocenters. The van der Waals surface area contributed by atoms with E-state index in [0.29, 0.717) is 22.2 Å². The van der Waals surface area contributed by atoms with Crippen LogP contribution in [0.4, 0.5) is 5.69 Å². The topological polar surface area (TPSA) is 95.9 Å². The number of aromatic nitrogens is 4. The SMILES string of the molecule is COc1ccc(N)c(S(=O)Cc2nnn(C)n2)c1. The monoisotopic (exact) mass is 267 g/mol. The first-order valence-electron chi connectivity index (χ1n) is 5.15. The molecule has 8 heteroatoms. The zero-order chi connectivity index (χ0) is 13.1. The van der Waals surface area contributed by atoms with Crippen LogP contribution < -0.4 is 10.5 Å². The maximum absolute atomic E-state index is 12.2. The number of hydrogen-bond donors (Lipinski definition) is 1. The molecule has 0 fully saturated rings. The van der Waals surface area contributed by atoms with Crippen molar-refractivity contribution >= 4 is 16.5 Å². The quantitative estimate of drug-likeness (QED) is 0.790. The van der Waals surface area contributed by atoms with Gasteiger partial charge in [0.25, 0.3) is 0 Å². The van der Waals surface area contributed by atoms with E-state index in [9.17, 15) is 4.21 Å². The molecule has 7 nitrogen and oxygen atoms in total. The zero-order valence-corrected chi connectivity index (χ0v) is 10.8. The number of anilines is 1. The molecule has 2 aromatic rings. The van der Waals surface area contributed by atoms with E-state index in [0.717, 1.165) is 0 Å². The Labute approximate surface area is 106 Å². The summed E-state index contributed by atoms with van der Waals surface area (Å²) in [6.07, 6.45) is 0. The van der Waals surface area contributed by atoms with Gasteiger partial charge in [0.05, 0.1) is 35.6 Å². The molecule has 18 heavy (non-hydrogen) atoms. The summed E-state index contributed by atoms with van der Waals surface area (Å²) >= 11 is 0. The van der Waals surface area contributed by atoms with E-state index in [1.54, 1.807) is 32.4 Å². The number of methoxy groups -OCH3 is 1. The molecule has 0 aliphatic heterocycles. The maximum Gasteiger partial charge on any atom is 0.187 e. The van der Waals surface area contributed by atoms with E-state index in [2.05, 4.69) is 15.4 Å². The van der Waals surface area contributed by atoms with E-state index < -0.39 is 10.8 Å². The van der Waals surface area contributed by atoms with Gasteiger partial charge in [-0.25, -0.2) is 0 Å². The van der Waals surface area contributed by atoms with Gasteiger partial charge >= 0.3 is 0 Å². The third-order valence-corrected chi connectivity index (χ3v) is 3.64. The molecule has 1 aromatic carbocycles. The lowest BCUT2D eigenvalue weighted by molar-refractivity contribution is 0.413. The highest BCUT2D eigenvalue weighted by molar-refractivity contribution is 7.84. The third kappa shape index (κ3) is 2.65. The predicted octanol–water partition coefficient (Wildman–Crippen LogP) is 0.109. The normalized spacial score (nSPS) is 12.3. The van der Waals surface area contributed by atoms with Crippen molar-refractivity contribution in [2.24, 2.45) is 7.05 Å². The third-order valence-electron chi connectivity index (χ3n) is 2.28. The van der Waals surface area contributed by atoms with E-state index in [1.165, 1.54) is 4.80 Å². The number of hydrogen-bond acceptors (Lipinski definition) is 6. The van der Waals surface area contributed by atoms with Crippen LogP contribution >= 0.6 is 0 Å². The molecule has 96 valence electrons. The maximum atomic E-state index is 12.2. The van der Waals surface area contributed by atoms with Gasteiger partial charge in [-0.1, -0.05) is 0 Å². The van der Waals surface area contributed by atoms with Crippen molar-refractivity contribution in [1.82, 2.24) is 20.2 Å². The van der Waals surface area contributed by atoms with Gasteiger partial charge in [0, 0.05) is 5.69 Å². The molecule has 1 heterocycles. The first-order chi connectivity index (χ1) is 8.60. The lowest BCUT2D eigenvalue weighted by Gasteiger charge is -2.06. The van der Waals surface area contributed by atoms with Crippen molar-refractivity contribution in [2.75, 3.05) is 12.8 Å². The number of nitrogens with two attached hydrogens (primary N) is 1. The van der Waals surface area contributed by atoms with Crippen LogP contribution in [0.3, 0.4) is 0 Å². The minimum Gasteiger partial charge on any atom is -0.497 e. The summed E-state index contributed by atoms with van der Waals surface area (Å²) in [7, 11) is 1.87. The summed E-state index contributed by atoms with van der Waals surface area (Å²) in [4.78, 5) is 1.84. The van der Waals surface area contributed by atoms with Gasteiger partial charge in [-0.05, 0) is 23.4 Å². The Morgan fingerprint density at radius 3 is 2.89 bits per heavy atom. The van der Waals surface area contributed by atoms with Crippen LogP contribution in [-0.2, 0) is 23.6 Å². The number of tetrazole rings is 1. The highest BCUT2D eigenvalue weighted by atomic mass is 32.2. The van der Waals surface area contributed by atoms with Gasteiger partial charge in [0.2, 0.25) is 0 Å². The molecule has 0 amide bonds. The van der Waals surface area contributed by atoms with Crippen LogP contribution in [0.15, 0.2) is 23.1 Å². The summed E-state index contributed by atoms with van der Waals surface area (Å²) in [5, 5.41) is 11.5. The highest BCUT2D eigenvalue weighted by Gasteiger charge is 2.13. The van der Waals surface area contributed by atoms with Crippen LogP contribution in [0.25, 0.3) is 0 Å². The number of rotatable bonds is 4. The molecule has 0 aliphatic rings. The molecule has 2 N–H and O–H groups in total. The molecule has 0 aliphatic carbocycles. The van der Waals surface area contributed by atoms with Crippen molar-refractivity contribution in [3.63, 3.8) is 0 Å². The fourth-order valence-corrected chi connectivity index (χ4v) is 2.50. The second kappa shape index (κ2) is 5.13. The first kappa shape index (κ1) is 12.5. The predicted molar refractivity (Wildman–Crippen MR) is 66.3 cm³/mol. The first-order valence-corrected chi connectivity index (χ1v) is 6.47. The summed E-state index contributed by atoms with van der Waals surface area (Å²) in [5.41, 5.74) is 6.25. The molecule has 0 bridgehead atoms. The van der Waals surface area contributed by atoms with Crippen molar-refractivity contribution < 1.29 is 8.95 Å². The fourth-order valence-electron chi connectivity index (χ4n) is 1.41. The molecule has 1 atom stereocenters. The van der Waals surface area contributed by atoms with E-state index in [1.807, 2.05) is 0 Å². The van der Waals surface area contributed by atoms with Crippen LogP contribution in [-0.4, -0.2) is 31.5 Å². The number of aryl methyl sites for hydroxylation is 1. The van der Waals surface area contributed by atoms with Gasteiger partial charge in [-0.15, -0.1) is 10.2 Å². The lowest BCUT2D eigenvalue weighted by atomic mass is 10.3. The second-order valence-corrected chi connectivity index (χ2v) is 5.01. The molecule has 2 rings (SSSR count). The molecule has 0 saturated carbocycles. The van der Waals surface area contributed by atoms with Crippen molar-refractivity contribution in [3.8, 4) is 5.75 Å². The standard InChI is InChI=1S/C10H13N5O2S/c1-15-13-10(12-14-15)6-18(16)9-5-7(17-2)3-4-8(9)11/h3-5H,6,11H2,1-2H3. The Balaban J connectivity index is 2.23. The van der Waals surface area contributed by atoms with Gasteiger partial charge in [-0.3, -0.25) is 4.21 Å². The molecule has 1 aromatic heterocycles.